The third-order valence-electron chi connectivity index (χ3n) is 3.47. The molecule has 6 nitrogen and oxygen atoms in total. The number of nitrogens with zero attached hydrogens (tertiary/aromatic N) is 4. The van der Waals surface area contributed by atoms with Gasteiger partial charge in [-0.1, -0.05) is 6.92 Å². The van der Waals surface area contributed by atoms with Crippen LogP contribution in [0.2, 0.25) is 0 Å². The summed E-state index contributed by atoms with van der Waals surface area (Å²) in [5.41, 5.74) is 2.63. The molecule has 0 atom stereocenters. The minimum absolute atomic E-state index is 0.258. The predicted octanol–water partition coefficient (Wildman–Crippen LogP) is 2.97. The average molecular weight is 305 g/mol. The van der Waals surface area contributed by atoms with Gasteiger partial charge >= 0.3 is 0 Å². The number of pyridine rings is 1. The first-order valence-corrected chi connectivity index (χ1v) is 7.34. The van der Waals surface area contributed by atoms with Crippen LogP contribution in [0.5, 0.6) is 0 Å². The summed E-state index contributed by atoms with van der Waals surface area (Å²) in [6, 6.07) is 10.8. The summed E-state index contributed by atoms with van der Waals surface area (Å²) in [6.07, 6.45) is 4.01. The van der Waals surface area contributed by atoms with Gasteiger partial charge in [0.2, 0.25) is 5.95 Å². The zero-order valence-corrected chi connectivity index (χ0v) is 12.7. The van der Waals surface area contributed by atoms with Gasteiger partial charge in [-0.05, 0) is 36.8 Å². The Morgan fingerprint density at radius 2 is 2.26 bits per heavy atom. The molecule has 23 heavy (non-hydrogen) atoms. The van der Waals surface area contributed by atoms with Crippen molar-refractivity contribution in [3.8, 4) is 6.07 Å². The molecule has 1 amide bonds. The number of benzene rings is 1. The van der Waals surface area contributed by atoms with Gasteiger partial charge in [0.25, 0.3) is 5.91 Å². The summed E-state index contributed by atoms with van der Waals surface area (Å²) < 4.78 is 1.92. The molecular formula is C17H15N5O. The van der Waals surface area contributed by atoms with Crippen molar-refractivity contribution in [2.45, 2.75) is 19.9 Å². The lowest BCUT2D eigenvalue weighted by Crippen LogP contribution is -2.16. The molecule has 0 fully saturated rings. The molecule has 0 aliphatic rings. The highest BCUT2D eigenvalue weighted by Crippen LogP contribution is 2.22. The fourth-order valence-electron chi connectivity index (χ4n) is 2.41. The Hall–Kier alpha value is -3.20. The van der Waals surface area contributed by atoms with Crippen LogP contribution in [0.4, 0.5) is 5.95 Å². The van der Waals surface area contributed by atoms with Crippen molar-refractivity contribution >= 4 is 22.9 Å². The number of anilines is 1. The first kappa shape index (κ1) is 14.7. The largest absolute Gasteiger partial charge is 0.310 e. The maximum Gasteiger partial charge on any atom is 0.259 e. The first-order chi connectivity index (χ1) is 11.2. The zero-order chi connectivity index (χ0) is 16.2. The van der Waals surface area contributed by atoms with Gasteiger partial charge in [-0.3, -0.25) is 15.1 Å². The van der Waals surface area contributed by atoms with E-state index in [1.807, 2.05) is 11.5 Å². The Kier molecular flexibility index (Phi) is 4.02. The number of nitrogens with one attached hydrogen (secondary N) is 1. The highest BCUT2D eigenvalue weighted by Gasteiger charge is 2.14. The highest BCUT2D eigenvalue weighted by atomic mass is 16.1. The number of rotatable bonds is 4. The normalized spacial score (nSPS) is 10.4. The van der Waals surface area contributed by atoms with E-state index in [9.17, 15) is 4.79 Å². The minimum Gasteiger partial charge on any atom is -0.310 e. The Morgan fingerprint density at radius 1 is 1.39 bits per heavy atom. The molecular weight excluding hydrogens is 290 g/mol. The smallest absolute Gasteiger partial charge is 0.259 e. The molecule has 2 aromatic heterocycles. The van der Waals surface area contributed by atoms with E-state index >= 15 is 0 Å². The predicted molar refractivity (Wildman–Crippen MR) is 86.9 cm³/mol. The maximum absolute atomic E-state index is 12.3. The summed E-state index contributed by atoms with van der Waals surface area (Å²) in [5, 5.41) is 11.9. The molecule has 114 valence electrons. The number of fused-ring (bicyclic) bond motifs is 1. The van der Waals surface area contributed by atoms with Crippen LogP contribution >= 0.6 is 0 Å². The van der Waals surface area contributed by atoms with Gasteiger partial charge in [0.15, 0.2) is 0 Å². The molecule has 2 heterocycles. The van der Waals surface area contributed by atoms with Crippen LogP contribution in [0.1, 0.15) is 29.3 Å². The first-order valence-electron chi connectivity index (χ1n) is 7.34. The molecule has 3 rings (SSSR count). The third-order valence-corrected chi connectivity index (χ3v) is 3.47. The second-order valence-corrected chi connectivity index (χ2v) is 5.10. The van der Waals surface area contributed by atoms with Crippen molar-refractivity contribution in [2.24, 2.45) is 0 Å². The molecule has 0 radical (unpaired) electrons. The van der Waals surface area contributed by atoms with Crippen molar-refractivity contribution in [1.82, 2.24) is 14.5 Å². The molecule has 0 saturated heterocycles. The number of amides is 1. The molecule has 0 aliphatic carbocycles. The number of hydrogen-bond donors (Lipinski definition) is 1. The van der Waals surface area contributed by atoms with Crippen LogP contribution in [0, 0.1) is 11.3 Å². The monoisotopic (exact) mass is 305 g/mol. The molecule has 1 N–H and O–H groups in total. The lowest BCUT2D eigenvalue weighted by Gasteiger charge is -2.08. The average Bonchev–Trinajstić information content (AvgIpc) is 2.92. The Bertz CT molecular complexity index is 892. The Balaban J connectivity index is 2.01. The van der Waals surface area contributed by atoms with E-state index in [1.54, 1.807) is 36.5 Å². The SMILES string of the molecule is CCCn1c(NC(=O)c2cccnc2)nc2ccc(C#N)cc21. The number of carbonyl (C=O) groups is 1. The van der Waals surface area contributed by atoms with Crippen LogP contribution in [0.25, 0.3) is 11.0 Å². The molecule has 6 heteroatoms. The number of carbonyl (C=O) groups excluding carboxylic acids is 1. The van der Waals surface area contributed by atoms with Gasteiger partial charge in [-0.15, -0.1) is 0 Å². The van der Waals surface area contributed by atoms with Gasteiger partial charge in [0.05, 0.1) is 28.2 Å². The van der Waals surface area contributed by atoms with E-state index in [2.05, 4.69) is 21.4 Å². The van der Waals surface area contributed by atoms with E-state index in [1.165, 1.54) is 6.20 Å². The number of aryl methyl sites for hydroxylation is 1. The van der Waals surface area contributed by atoms with Crippen LogP contribution in [0.3, 0.4) is 0 Å². The number of imidazole rings is 1. The van der Waals surface area contributed by atoms with Crippen molar-refractivity contribution < 1.29 is 4.79 Å². The quantitative estimate of drug-likeness (QED) is 0.803. The van der Waals surface area contributed by atoms with Crippen LogP contribution < -0.4 is 5.32 Å². The van der Waals surface area contributed by atoms with Crippen LogP contribution in [0.15, 0.2) is 42.7 Å². The number of aromatic nitrogens is 3. The van der Waals surface area contributed by atoms with E-state index in [4.69, 9.17) is 5.26 Å². The van der Waals surface area contributed by atoms with E-state index < -0.39 is 0 Å². The summed E-state index contributed by atoms with van der Waals surface area (Å²) in [7, 11) is 0. The summed E-state index contributed by atoms with van der Waals surface area (Å²) in [4.78, 5) is 20.7. The van der Waals surface area contributed by atoms with Gasteiger partial charge in [-0.2, -0.15) is 5.26 Å². The Labute approximate surface area is 133 Å². The molecule has 1 aromatic carbocycles. The number of nitriles is 1. The second kappa shape index (κ2) is 6.28. The van der Waals surface area contributed by atoms with Gasteiger partial charge in [-0.25, -0.2) is 4.98 Å². The number of hydrogen-bond acceptors (Lipinski definition) is 4. The second-order valence-electron chi connectivity index (χ2n) is 5.10. The van der Waals surface area contributed by atoms with Crippen LogP contribution in [-0.2, 0) is 6.54 Å². The highest BCUT2D eigenvalue weighted by molar-refractivity contribution is 6.03. The van der Waals surface area contributed by atoms with Crippen molar-refractivity contribution in [3.63, 3.8) is 0 Å². The fourth-order valence-corrected chi connectivity index (χ4v) is 2.41. The molecule has 0 unspecified atom stereocenters. The maximum atomic E-state index is 12.3. The van der Waals surface area contributed by atoms with E-state index in [-0.39, 0.29) is 5.91 Å². The van der Waals surface area contributed by atoms with Crippen LogP contribution in [-0.4, -0.2) is 20.4 Å². The molecule has 0 bridgehead atoms. The standard InChI is InChI=1S/C17H15N5O/c1-2-8-22-15-9-12(10-18)5-6-14(15)20-17(22)21-16(23)13-4-3-7-19-11-13/h3-7,9,11H,2,8H2,1H3,(H,20,21,23). The van der Waals surface area contributed by atoms with E-state index in [0.717, 1.165) is 17.5 Å². The topological polar surface area (TPSA) is 83.6 Å². The fraction of sp³-hybridized carbons (Fsp3) is 0.176. The Morgan fingerprint density at radius 3 is 2.96 bits per heavy atom. The molecule has 3 aromatic rings. The summed E-state index contributed by atoms with van der Waals surface area (Å²) >= 11 is 0. The lowest BCUT2D eigenvalue weighted by molar-refractivity contribution is 0.102. The van der Waals surface area contributed by atoms with Crippen molar-refractivity contribution in [1.29, 1.82) is 5.26 Å². The summed E-state index contributed by atoms with van der Waals surface area (Å²) in [5.74, 6) is 0.219. The van der Waals surface area contributed by atoms with Gasteiger partial charge in [0, 0.05) is 18.9 Å². The minimum atomic E-state index is -0.258. The molecule has 0 spiro atoms. The van der Waals surface area contributed by atoms with Crippen molar-refractivity contribution in [3.05, 3.63) is 53.9 Å². The van der Waals surface area contributed by atoms with E-state index in [0.29, 0.717) is 23.6 Å². The summed E-state index contributed by atoms with van der Waals surface area (Å²) in [6.45, 7) is 2.75. The lowest BCUT2D eigenvalue weighted by atomic mass is 10.2. The third kappa shape index (κ3) is 2.90. The molecule has 0 saturated carbocycles. The van der Waals surface area contributed by atoms with Gasteiger partial charge in [0.1, 0.15) is 0 Å². The zero-order valence-electron chi connectivity index (χ0n) is 12.7. The van der Waals surface area contributed by atoms with Gasteiger partial charge < -0.3 is 4.57 Å². The van der Waals surface area contributed by atoms with Crippen molar-refractivity contribution in [2.75, 3.05) is 5.32 Å². The molecule has 0 aliphatic heterocycles.